The molecule has 1 aromatic rings. The van der Waals surface area contributed by atoms with Gasteiger partial charge in [0.1, 0.15) is 0 Å². The number of nitrogens with one attached hydrogen (secondary N) is 1. The third kappa shape index (κ3) is 3.03. The van der Waals surface area contributed by atoms with Crippen LogP contribution in [0.25, 0.3) is 0 Å². The number of hydrogen-bond acceptors (Lipinski definition) is 3. The predicted octanol–water partition coefficient (Wildman–Crippen LogP) is 3.08. The molecule has 1 aliphatic carbocycles. The van der Waals surface area contributed by atoms with E-state index in [0.717, 1.165) is 24.0 Å². The molecular formula is C18H23ClN2O3. The summed E-state index contributed by atoms with van der Waals surface area (Å²) in [6.07, 6.45) is 2.62. The third-order valence-electron chi connectivity index (χ3n) is 5.43. The van der Waals surface area contributed by atoms with Crippen molar-refractivity contribution in [3.8, 4) is 0 Å². The van der Waals surface area contributed by atoms with Crippen molar-refractivity contribution in [3.63, 3.8) is 0 Å². The molecule has 1 aliphatic heterocycles. The quantitative estimate of drug-likeness (QED) is 0.875. The average Bonchev–Trinajstić information content (AvgIpc) is 3.00. The van der Waals surface area contributed by atoms with E-state index in [2.05, 4.69) is 5.32 Å². The summed E-state index contributed by atoms with van der Waals surface area (Å²) >= 11 is 6.23. The van der Waals surface area contributed by atoms with Crippen LogP contribution in [0.2, 0.25) is 5.02 Å². The number of anilines is 1. The van der Waals surface area contributed by atoms with Crippen LogP contribution < -0.4 is 5.32 Å². The number of carbonyl (C=O) groups is 2. The lowest BCUT2D eigenvalue weighted by atomic mass is 9.81. The van der Waals surface area contributed by atoms with E-state index in [4.69, 9.17) is 11.6 Å². The Kier molecular flexibility index (Phi) is 4.58. The number of hydrogen-bond donors (Lipinski definition) is 2. The van der Waals surface area contributed by atoms with Gasteiger partial charge in [0.25, 0.3) is 0 Å². The van der Waals surface area contributed by atoms with Crippen LogP contribution in [-0.2, 0) is 9.59 Å². The zero-order valence-electron chi connectivity index (χ0n) is 14.1. The lowest BCUT2D eigenvalue weighted by Crippen LogP contribution is -2.37. The second kappa shape index (κ2) is 6.37. The molecule has 0 radical (unpaired) electrons. The molecule has 130 valence electrons. The number of aliphatic carboxylic acids is 1. The van der Waals surface area contributed by atoms with Gasteiger partial charge in [-0.25, -0.2) is 0 Å². The van der Waals surface area contributed by atoms with E-state index >= 15 is 0 Å². The minimum Gasteiger partial charge on any atom is -0.481 e. The number of halogens is 1. The zero-order valence-corrected chi connectivity index (χ0v) is 14.8. The fraction of sp³-hybridized carbons (Fsp3) is 0.556. The molecule has 5 nitrogen and oxygen atoms in total. The van der Waals surface area contributed by atoms with Gasteiger partial charge < -0.3 is 10.4 Å². The number of carboxylic acid groups (broad SMARTS) is 1. The Hall–Kier alpha value is -1.59. The summed E-state index contributed by atoms with van der Waals surface area (Å²) in [7, 11) is 0. The number of amides is 1. The van der Waals surface area contributed by atoms with Gasteiger partial charge in [-0.2, -0.15) is 0 Å². The predicted molar refractivity (Wildman–Crippen MR) is 93.4 cm³/mol. The first-order chi connectivity index (χ1) is 11.3. The summed E-state index contributed by atoms with van der Waals surface area (Å²) in [6.45, 7) is 5.21. The van der Waals surface area contributed by atoms with Crippen molar-refractivity contribution in [1.82, 2.24) is 4.90 Å². The Morgan fingerprint density at radius 1 is 1.42 bits per heavy atom. The SMILES string of the molecule is Cc1cc(C)c(NC(=O)CN2C[C@@H]3CCC[C@@]3(C(=O)O)C2)c(Cl)c1. The highest BCUT2D eigenvalue weighted by Crippen LogP contribution is 2.48. The maximum absolute atomic E-state index is 12.4. The van der Waals surface area contributed by atoms with E-state index in [1.54, 1.807) is 0 Å². The molecule has 2 atom stereocenters. The lowest BCUT2D eigenvalue weighted by Gasteiger charge is -2.23. The topological polar surface area (TPSA) is 69.6 Å². The van der Waals surface area contributed by atoms with Gasteiger partial charge in [0.2, 0.25) is 5.91 Å². The molecule has 1 saturated heterocycles. The monoisotopic (exact) mass is 350 g/mol. The number of benzene rings is 1. The molecule has 2 aliphatic rings. The average molecular weight is 351 g/mol. The van der Waals surface area contributed by atoms with Crippen LogP contribution in [0.3, 0.4) is 0 Å². The molecular weight excluding hydrogens is 328 g/mol. The minimum absolute atomic E-state index is 0.149. The number of carbonyl (C=O) groups excluding carboxylic acids is 1. The minimum atomic E-state index is -0.717. The van der Waals surface area contributed by atoms with Crippen molar-refractivity contribution in [3.05, 3.63) is 28.3 Å². The van der Waals surface area contributed by atoms with Gasteiger partial charge in [-0.15, -0.1) is 0 Å². The van der Waals surface area contributed by atoms with Gasteiger partial charge in [0, 0.05) is 13.1 Å². The largest absolute Gasteiger partial charge is 0.481 e. The molecule has 0 bridgehead atoms. The highest BCUT2D eigenvalue weighted by molar-refractivity contribution is 6.34. The van der Waals surface area contributed by atoms with E-state index in [1.165, 1.54) is 0 Å². The van der Waals surface area contributed by atoms with Crippen LogP contribution >= 0.6 is 11.6 Å². The number of rotatable bonds is 4. The molecule has 3 rings (SSSR count). The van der Waals surface area contributed by atoms with Crippen molar-refractivity contribution in [2.45, 2.75) is 33.1 Å². The Labute approximate surface area is 147 Å². The van der Waals surface area contributed by atoms with E-state index in [-0.39, 0.29) is 18.4 Å². The second-order valence-electron chi connectivity index (χ2n) is 7.21. The molecule has 0 unspecified atom stereocenters. The van der Waals surface area contributed by atoms with Gasteiger partial charge in [-0.3, -0.25) is 14.5 Å². The van der Waals surface area contributed by atoms with Gasteiger partial charge in [0.15, 0.2) is 0 Å². The normalized spacial score (nSPS) is 26.4. The summed E-state index contributed by atoms with van der Waals surface area (Å²) < 4.78 is 0. The lowest BCUT2D eigenvalue weighted by molar-refractivity contribution is -0.149. The fourth-order valence-electron chi connectivity index (χ4n) is 4.32. The summed E-state index contributed by atoms with van der Waals surface area (Å²) in [4.78, 5) is 26.1. The molecule has 24 heavy (non-hydrogen) atoms. The summed E-state index contributed by atoms with van der Waals surface area (Å²) in [5.41, 5.74) is 1.96. The first kappa shape index (κ1) is 17.2. The number of carboxylic acids is 1. The van der Waals surface area contributed by atoms with Crippen LogP contribution in [-0.4, -0.2) is 41.5 Å². The molecule has 1 heterocycles. The second-order valence-corrected chi connectivity index (χ2v) is 7.61. The van der Waals surface area contributed by atoms with Gasteiger partial charge in [-0.05, 0) is 49.8 Å². The highest BCUT2D eigenvalue weighted by Gasteiger charge is 2.54. The molecule has 2 fully saturated rings. The molecule has 6 heteroatoms. The standard InChI is InChI=1S/C18H23ClN2O3/c1-11-6-12(2)16(14(19)7-11)20-15(22)9-21-8-13-4-3-5-18(13,10-21)17(23)24/h6-7,13H,3-5,8-10H2,1-2H3,(H,20,22)(H,23,24)/t13-,18+/m0/s1. The Morgan fingerprint density at radius 3 is 2.79 bits per heavy atom. The van der Waals surface area contributed by atoms with Crippen LogP contribution in [0, 0.1) is 25.2 Å². The van der Waals surface area contributed by atoms with E-state index in [1.807, 2.05) is 30.9 Å². The van der Waals surface area contributed by atoms with Gasteiger partial charge in [-0.1, -0.05) is 24.1 Å². The van der Waals surface area contributed by atoms with Crippen molar-refractivity contribution in [2.24, 2.45) is 11.3 Å². The maximum atomic E-state index is 12.4. The first-order valence-corrected chi connectivity index (χ1v) is 8.72. The molecule has 1 amide bonds. The summed E-state index contributed by atoms with van der Waals surface area (Å²) in [5.74, 6) is -0.706. The van der Waals surface area contributed by atoms with E-state index in [0.29, 0.717) is 30.2 Å². The smallest absolute Gasteiger partial charge is 0.311 e. The molecule has 1 saturated carbocycles. The highest BCUT2D eigenvalue weighted by atomic mass is 35.5. The van der Waals surface area contributed by atoms with E-state index in [9.17, 15) is 14.7 Å². The summed E-state index contributed by atoms with van der Waals surface area (Å²) in [5, 5.41) is 13.0. The van der Waals surface area contributed by atoms with Crippen LogP contribution in [0.15, 0.2) is 12.1 Å². The molecule has 1 aromatic carbocycles. The zero-order chi connectivity index (χ0) is 17.5. The van der Waals surface area contributed by atoms with Crippen molar-refractivity contribution in [1.29, 1.82) is 0 Å². The van der Waals surface area contributed by atoms with Crippen LogP contribution in [0.1, 0.15) is 30.4 Å². The van der Waals surface area contributed by atoms with Crippen molar-refractivity contribution in [2.75, 3.05) is 25.0 Å². The number of fused-ring (bicyclic) bond motifs is 1. The van der Waals surface area contributed by atoms with Crippen molar-refractivity contribution >= 4 is 29.2 Å². The molecule has 2 N–H and O–H groups in total. The Bertz CT molecular complexity index is 668. The number of aryl methyl sites for hydroxylation is 2. The first-order valence-electron chi connectivity index (χ1n) is 8.34. The van der Waals surface area contributed by atoms with Crippen molar-refractivity contribution < 1.29 is 14.7 Å². The summed E-state index contributed by atoms with van der Waals surface area (Å²) in [6, 6.07) is 3.80. The Balaban J connectivity index is 1.66. The van der Waals surface area contributed by atoms with Crippen LogP contribution in [0.4, 0.5) is 5.69 Å². The number of nitrogens with zero attached hydrogens (tertiary/aromatic N) is 1. The maximum Gasteiger partial charge on any atom is 0.311 e. The fourth-order valence-corrected chi connectivity index (χ4v) is 4.69. The van der Waals surface area contributed by atoms with Gasteiger partial charge in [0.05, 0.1) is 22.7 Å². The third-order valence-corrected chi connectivity index (χ3v) is 5.73. The van der Waals surface area contributed by atoms with Crippen LogP contribution in [0.5, 0.6) is 0 Å². The molecule has 0 spiro atoms. The molecule has 0 aromatic heterocycles. The Morgan fingerprint density at radius 2 is 2.17 bits per heavy atom. The van der Waals surface area contributed by atoms with Gasteiger partial charge >= 0.3 is 5.97 Å². The van der Waals surface area contributed by atoms with E-state index < -0.39 is 11.4 Å². The number of likely N-dealkylation sites (tertiary alicyclic amines) is 1.